The van der Waals surface area contributed by atoms with Crippen molar-refractivity contribution in [3.05, 3.63) is 35.4 Å². The van der Waals surface area contributed by atoms with Crippen molar-refractivity contribution in [2.45, 2.75) is 71.3 Å². The maximum Gasteiger partial charge on any atom is 0.0246 e. The largest absolute Gasteiger partial charge is 0.324 e. The molecule has 106 valence electrons. The highest BCUT2D eigenvalue weighted by Gasteiger charge is 2.45. The average molecular weight is 259 g/mol. The molecule has 1 aliphatic carbocycles. The first-order chi connectivity index (χ1) is 8.64. The van der Waals surface area contributed by atoms with E-state index in [0.717, 1.165) is 12.8 Å². The first kappa shape index (κ1) is 14.6. The normalized spacial score (nSPS) is 26.6. The molecule has 2 rings (SSSR count). The molecule has 1 heteroatoms. The molecule has 1 fully saturated rings. The van der Waals surface area contributed by atoms with Crippen molar-refractivity contribution >= 4 is 0 Å². The Morgan fingerprint density at radius 2 is 1.63 bits per heavy atom. The quantitative estimate of drug-likeness (QED) is 0.835. The van der Waals surface area contributed by atoms with Gasteiger partial charge in [0.05, 0.1) is 0 Å². The van der Waals surface area contributed by atoms with E-state index in [4.69, 9.17) is 5.73 Å². The molecule has 0 saturated heterocycles. The van der Waals surface area contributed by atoms with Crippen molar-refractivity contribution < 1.29 is 0 Å². The zero-order valence-corrected chi connectivity index (χ0v) is 13.2. The van der Waals surface area contributed by atoms with Gasteiger partial charge in [-0.05, 0) is 41.2 Å². The van der Waals surface area contributed by atoms with Crippen molar-refractivity contribution in [3.8, 4) is 0 Å². The van der Waals surface area contributed by atoms with Gasteiger partial charge in [0.15, 0.2) is 0 Å². The number of hydrogen-bond acceptors (Lipinski definition) is 1. The zero-order chi connectivity index (χ0) is 14.3. The molecular formula is C18H29N. The van der Waals surface area contributed by atoms with Crippen molar-refractivity contribution in [2.75, 3.05) is 0 Å². The van der Waals surface area contributed by atoms with Gasteiger partial charge in [-0.1, -0.05) is 65.3 Å². The molecule has 1 aromatic rings. The van der Waals surface area contributed by atoms with Crippen LogP contribution in [0.3, 0.4) is 0 Å². The molecule has 1 aliphatic rings. The lowest BCUT2D eigenvalue weighted by Crippen LogP contribution is -2.50. The van der Waals surface area contributed by atoms with Gasteiger partial charge in [-0.3, -0.25) is 0 Å². The number of nitrogens with two attached hydrogens (primary N) is 1. The minimum Gasteiger partial charge on any atom is -0.324 e. The first-order valence-corrected chi connectivity index (χ1v) is 7.52. The minimum atomic E-state index is -0.0315. The lowest BCUT2D eigenvalue weighted by molar-refractivity contribution is 0.207. The van der Waals surface area contributed by atoms with Gasteiger partial charge in [-0.2, -0.15) is 0 Å². The third-order valence-electron chi connectivity index (χ3n) is 5.11. The minimum absolute atomic E-state index is 0.0315. The molecule has 0 amide bonds. The Bertz CT molecular complexity index is 436. The van der Waals surface area contributed by atoms with Crippen molar-refractivity contribution in [1.82, 2.24) is 0 Å². The monoisotopic (exact) mass is 259 g/mol. The van der Waals surface area contributed by atoms with Gasteiger partial charge in [-0.25, -0.2) is 0 Å². The van der Waals surface area contributed by atoms with E-state index in [0.29, 0.717) is 0 Å². The highest BCUT2D eigenvalue weighted by molar-refractivity contribution is 5.29. The van der Waals surface area contributed by atoms with E-state index in [1.807, 2.05) is 0 Å². The summed E-state index contributed by atoms with van der Waals surface area (Å²) in [6.45, 7) is 11.4. The zero-order valence-electron chi connectivity index (χ0n) is 13.2. The van der Waals surface area contributed by atoms with Crippen LogP contribution in [0.1, 0.15) is 65.0 Å². The van der Waals surface area contributed by atoms with Gasteiger partial charge in [0.2, 0.25) is 0 Å². The molecule has 0 heterocycles. The van der Waals surface area contributed by atoms with Crippen molar-refractivity contribution in [3.63, 3.8) is 0 Å². The van der Waals surface area contributed by atoms with Crippen LogP contribution >= 0.6 is 0 Å². The fourth-order valence-corrected chi connectivity index (χ4v) is 3.25. The number of benzene rings is 1. The van der Waals surface area contributed by atoms with E-state index in [-0.39, 0.29) is 16.4 Å². The molecule has 2 N–H and O–H groups in total. The molecule has 1 unspecified atom stereocenters. The summed E-state index contributed by atoms with van der Waals surface area (Å²) in [5.74, 6) is 0. The molecule has 19 heavy (non-hydrogen) atoms. The van der Waals surface area contributed by atoms with Gasteiger partial charge >= 0.3 is 0 Å². The highest BCUT2D eigenvalue weighted by atomic mass is 14.8. The van der Waals surface area contributed by atoms with Crippen molar-refractivity contribution in [2.24, 2.45) is 11.1 Å². The molecule has 1 saturated carbocycles. The fraction of sp³-hybridized carbons (Fsp3) is 0.667. The average Bonchev–Trinajstić information content (AvgIpc) is 2.52. The molecule has 1 aromatic carbocycles. The van der Waals surface area contributed by atoms with Gasteiger partial charge in [0, 0.05) is 5.54 Å². The smallest absolute Gasteiger partial charge is 0.0246 e. The van der Waals surface area contributed by atoms with Crippen LogP contribution in [0.5, 0.6) is 0 Å². The number of hydrogen-bond donors (Lipinski definition) is 1. The Morgan fingerprint density at radius 3 is 2.05 bits per heavy atom. The van der Waals surface area contributed by atoms with E-state index in [1.54, 1.807) is 0 Å². The second-order valence-corrected chi connectivity index (χ2v) is 8.02. The van der Waals surface area contributed by atoms with Crippen molar-refractivity contribution in [1.29, 1.82) is 0 Å². The Hall–Kier alpha value is -0.820. The van der Waals surface area contributed by atoms with Crippen LogP contribution in [0.2, 0.25) is 0 Å². The van der Waals surface area contributed by atoms with E-state index in [1.165, 1.54) is 24.0 Å². The van der Waals surface area contributed by atoms with Crippen LogP contribution in [0.25, 0.3) is 0 Å². The predicted molar refractivity (Wildman–Crippen MR) is 83.4 cm³/mol. The van der Waals surface area contributed by atoms with E-state index >= 15 is 0 Å². The molecule has 1 atom stereocenters. The summed E-state index contributed by atoms with van der Waals surface area (Å²) in [4.78, 5) is 0. The van der Waals surface area contributed by atoms with Crippen LogP contribution in [0.4, 0.5) is 0 Å². The third kappa shape index (κ3) is 2.86. The van der Waals surface area contributed by atoms with Gasteiger partial charge < -0.3 is 5.73 Å². The summed E-state index contributed by atoms with van der Waals surface area (Å²) in [5.41, 5.74) is 9.92. The summed E-state index contributed by atoms with van der Waals surface area (Å²) < 4.78 is 0. The molecule has 0 aliphatic heterocycles. The summed E-state index contributed by atoms with van der Waals surface area (Å²) in [6, 6.07) is 9.06. The lowest BCUT2D eigenvalue weighted by Gasteiger charge is -2.38. The summed E-state index contributed by atoms with van der Waals surface area (Å²) in [7, 11) is 0. The molecule has 0 bridgehead atoms. The Morgan fingerprint density at radius 1 is 1.05 bits per heavy atom. The third-order valence-corrected chi connectivity index (χ3v) is 5.11. The molecular weight excluding hydrogens is 230 g/mol. The molecule has 0 spiro atoms. The number of rotatable bonds is 2. The van der Waals surface area contributed by atoms with E-state index in [2.05, 4.69) is 58.9 Å². The Labute approximate surface area is 118 Å². The second kappa shape index (κ2) is 4.63. The lowest BCUT2D eigenvalue weighted by atomic mass is 9.72. The standard InChI is InChI=1S/C18H29N/c1-16(2,3)15-9-7-14(8-10-15)13-18(19)12-6-11-17(18,4)5/h7-10H,6,11-13,19H2,1-5H3. The summed E-state index contributed by atoms with van der Waals surface area (Å²) in [5, 5.41) is 0. The molecule has 0 radical (unpaired) electrons. The van der Waals surface area contributed by atoms with E-state index < -0.39 is 0 Å². The fourth-order valence-electron chi connectivity index (χ4n) is 3.25. The van der Waals surface area contributed by atoms with Crippen LogP contribution in [-0.2, 0) is 11.8 Å². The SMILES string of the molecule is CC(C)(C)c1ccc(CC2(N)CCCC2(C)C)cc1. The Kier molecular flexibility index (Phi) is 3.55. The van der Waals surface area contributed by atoms with Gasteiger partial charge in [0.1, 0.15) is 0 Å². The van der Waals surface area contributed by atoms with Crippen LogP contribution < -0.4 is 5.73 Å². The van der Waals surface area contributed by atoms with Crippen LogP contribution in [-0.4, -0.2) is 5.54 Å². The molecule has 1 nitrogen and oxygen atoms in total. The summed E-state index contributed by atoms with van der Waals surface area (Å²) in [6.07, 6.45) is 4.68. The first-order valence-electron chi connectivity index (χ1n) is 7.52. The topological polar surface area (TPSA) is 26.0 Å². The van der Waals surface area contributed by atoms with E-state index in [9.17, 15) is 0 Å². The molecule has 0 aromatic heterocycles. The predicted octanol–water partition coefficient (Wildman–Crippen LogP) is 4.43. The van der Waals surface area contributed by atoms with Crippen LogP contribution in [0, 0.1) is 5.41 Å². The maximum atomic E-state index is 6.69. The van der Waals surface area contributed by atoms with Crippen LogP contribution in [0.15, 0.2) is 24.3 Å². The Balaban J connectivity index is 2.16. The second-order valence-electron chi connectivity index (χ2n) is 8.02. The maximum absolute atomic E-state index is 6.69. The highest BCUT2D eigenvalue weighted by Crippen LogP contribution is 2.45. The summed E-state index contributed by atoms with van der Waals surface area (Å²) >= 11 is 0. The van der Waals surface area contributed by atoms with Gasteiger partial charge in [0.25, 0.3) is 0 Å². The van der Waals surface area contributed by atoms with Gasteiger partial charge in [-0.15, -0.1) is 0 Å².